The summed E-state index contributed by atoms with van der Waals surface area (Å²) in [5.41, 5.74) is 4.06. The summed E-state index contributed by atoms with van der Waals surface area (Å²) < 4.78 is 2.05. The zero-order valence-corrected chi connectivity index (χ0v) is 11.8. The lowest BCUT2D eigenvalue weighted by atomic mass is 9.90. The van der Waals surface area contributed by atoms with Crippen LogP contribution in [0.1, 0.15) is 35.7 Å². The molecule has 0 saturated carbocycles. The minimum Gasteiger partial charge on any atom is -0.481 e. The number of hydrogen-bond acceptors (Lipinski definition) is 2. The lowest BCUT2D eigenvalue weighted by molar-refractivity contribution is -0.139. The Labute approximate surface area is 118 Å². The minimum atomic E-state index is -0.764. The van der Waals surface area contributed by atoms with Crippen molar-refractivity contribution < 1.29 is 9.90 Å². The van der Waals surface area contributed by atoms with Crippen molar-refractivity contribution in [3.05, 3.63) is 41.2 Å². The summed E-state index contributed by atoms with van der Waals surface area (Å²) in [7, 11) is 1.98. The second-order valence-electron chi connectivity index (χ2n) is 5.48. The molecule has 4 nitrogen and oxygen atoms in total. The van der Waals surface area contributed by atoms with E-state index >= 15 is 0 Å². The van der Waals surface area contributed by atoms with E-state index in [0.717, 1.165) is 35.6 Å². The Morgan fingerprint density at radius 3 is 2.70 bits per heavy atom. The normalized spacial score (nSPS) is 17.8. The number of fused-ring (bicyclic) bond motifs is 1. The third-order valence-corrected chi connectivity index (χ3v) is 4.09. The van der Waals surface area contributed by atoms with Crippen LogP contribution in [0.4, 0.5) is 0 Å². The highest BCUT2D eigenvalue weighted by molar-refractivity contribution is 5.76. The Hall–Kier alpha value is -2.10. The summed E-state index contributed by atoms with van der Waals surface area (Å²) in [6.07, 6.45) is 2.51. The number of nitrogens with zero attached hydrogens (tertiary/aromatic N) is 2. The first-order chi connectivity index (χ1) is 9.58. The molecule has 1 aliphatic carbocycles. The van der Waals surface area contributed by atoms with Gasteiger partial charge in [0.05, 0.1) is 5.69 Å². The molecule has 1 aromatic heterocycles. The van der Waals surface area contributed by atoms with E-state index in [4.69, 9.17) is 0 Å². The van der Waals surface area contributed by atoms with Crippen molar-refractivity contribution in [2.45, 2.75) is 32.1 Å². The molecule has 2 aromatic rings. The lowest BCUT2D eigenvalue weighted by Crippen LogP contribution is -2.18. The van der Waals surface area contributed by atoms with E-state index in [0.29, 0.717) is 6.42 Å². The third kappa shape index (κ3) is 2.01. The van der Waals surface area contributed by atoms with E-state index in [-0.39, 0.29) is 0 Å². The topological polar surface area (TPSA) is 55.1 Å². The highest BCUT2D eigenvalue weighted by atomic mass is 16.4. The van der Waals surface area contributed by atoms with E-state index < -0.39 is 11.9 Å². The molecule has 0 aliphatic heterocycles. The number of aliphatic carboxylic acids is 1. The Bertz CT molecular complexity index is 656. The molecule has 1 atom stereocenters. The van der Waals surface area contributed by atoms with Crippen LogP contribution < -0.4 is 0 Å². The molecule has 3 rings (SSSR count). The third-order valence-electron chi connectivity index (χ3n) is 4.09. The van der Waals surface area contributed by atoms with Crippen LogP contribution in [0.15, 0.2) is 24.3 Å². The van der Waals surface area contributed by atoms with Crippen LogP contribution in [-0.2, 0) is 18.3 Å². The minimum absolute atomic E-state index is 0.454. The molecule has 104 valence electrons. The van der Waals surface area contributed by atoms with Crippen LogP contribution in [0.5, 0.6) is 0 Å². The molecule has 20 heavy (non-hydrogen) atoms. The molecule has 0 bridgehead atoms. The average Bonchev–Trinajstić information content (AvgIpc) is 2.77. The summed E-state index contributed by atoms with van der Waals surface area (Å²) in [4.78, 5) is 16.0. The van der Waals surface area contributed by atoms with Gasteiger partial charge in [-0.05, 0) is 26.2 Å². The Morgan fingerprint density at radius 1 is 1.35 bits per heavy atom. The predicted octanol–water partition coefficient (Wildman–Crippen LogP) is 2.90. The summed E-state index contributed by atoms with van der Waals surface area (Å²) in [6.45, 7) is 2.05. The fourth-order valence-electron chi connectivity index (χ4n) is 2.94. The zero-order chi connectivity index (χ0) is 14.3. The summed E-state index contributed by atoms with van der Waals surface area (Å²) >= 11 is 0. The molecule has 1 heterocycles. The van der Waals surface area contributed by atoms with Crippen molar-refractivity contribution in [1.29, 1.82) is 0 Å². The number of carbonyl (C=O) groups is 1. The second kappa shape index (κ2) is 4.78. The van der Waals surface area contributed by atoms with Gasteiger partial charge in [0.1, 0.15) is 11.7 Å². The molecule has 4 heteroatoms. The number of rotatable bonds is 2. The van der Waals surface area contributed by atoms with Crippen LogP contribution in [0.25, 0.3) is 11.4 Å². The standard InChI is InChI=1S/C16H18N2O2/c1-10-6-8-11(9-7-10)15-17-14-12(16(19)20)4-3-5-13(14)18(15)2/h6-9,12H,3-5H2,1-2H3,(H,19,20). The molecule has 1 unspecified atom stereocenters. The van der Waals surface area contributed by atoms with Gasteiger partial charge in [0.15, 0.2) is 0 Å². The van der Waals surface area contributed by atoms with Gasteiger partial charge in [-0.1, -0.05) is 29.8 Å². The molecule has 0 spiro atoms. The zero-order valence-electron chi connectivity index (χ0n) is 11.8. The van der Waals surface area contributed by atoms with Gasteiger partial charge < -0.3 is 9.67 Å². The maximum atomic E-state index is 11.4. The molecule has 0 saturated heterocycles. The Kier molecular flexibility index (Phi) is 3.08. The fraction of sp³-hybridized carbons (Fsp3) is 0.375. The number of benzene rings is 1. The molecule has 1 N–H and O–H groups in total. The van der Waals surface area contributed by atoms with Crippen molar-refractivity contribution in [1.82, 2.24) is 9.55 Å². The number of imidazole rings is 1. The smallest absolute Gasteiger partial charge is 0.312 e. The van der Waals surface area contributed by atoms with Gasteiger partial charge in [0.25, 0.3) is 0 Å². The highest BCUT2D eigenvalue weighted by Gasteiger charge is 2.31. The predicted molar refractivity (Wildman–Crippen MR) is 76.7 cm³/mol. The van der Waals surface area contributed by atoms with E-state index in [1.54, 1.807) is 0 Å². The van der Waals surface area contributed by atoms with Crippen molar-refractivity contribution >= 4 is 5.97 Å². The van der Waals surface area contributed by atoms with Crippen molar-refractivity contribution in [3.8, 4) is 11.4 Å². The molecule has 0 amide bonds. The van der Waals surface area contributed by atoms with Gasteiger partial charge in [0.2, 0.25) is 0 Å². The van der Waals surface area contributed by atoms with Crippen molar-refractivity contribution in [3.63, 3.8) is 0 Å². The number of aryl methyl sites for hydroxylation is 1. The molecular weight excluding hydrogens is 252 g/mol. The second-order valence-corrected chi connectivity index (χ2v) is 5.48. The first kappa shape index (κ1) is 12.9. The van der Waals surface area contributed by atoms with Gasteiger partial charge in [-0.15, -0.1) is 0 Å². The average molecular weight is 270 g/mol. The van der Waals surface area contributed by atoms with Crippen LogP contribution >= 0.6 is 0 Å². The molecule has 1 aromatic carbocycles. The van der Waals surface area contributed by atoms with Gasteiger partial charge in [0, 0.05) is 18.3 Å². The van der Waals surface area contributed by atoms with Crippen LogP contribution in [0.3, 0.4) is 0 Å². The molecular formula is C16H18N2O2. The van der Waals surface area contributed by atoms with Gasteiger partial charge in [-0.2, -0.15) is 0 Å². The number of aromatic nitrogens is 2. The van der Waals surface area contributed by atoms with Gasteiger partial charge in [-0.25, -0.2) is 4.98 Å². The number of carboxylic acid groups (broad SMARTS) is 1. The Morgan fingerprint density at radius 2 is 2.05 bits per heavy atom. The Balaban J connectivity index is 2.10. The van der Waals surface area contributed by atoms with Crippen molar-refractivity contribution in [2.75, 3.05) is 0 Å². The lowest BCUT2D eigenvalue weighted by Gasteiger charge is -2.18. The van der Waals surface area contributed by atoms with Crippen molar-refractivity contribution in [2.24, 2.45) is 7.05 Å². The van der Waals surface area contributed by atoms with E-state index in [1.807, 2.05) is 26.1 Å². The maximum Gasteiger partial charge on any atom is 0.312 e. The SMILES string of the molecule is Cc1ccc(-c2nc3c(n2C)CCCC3C(=O)O)cc1. The van der Waals surface area contributed by atoms with E-state index in [2.05, 4.69) is 21.7 Å². The van der Waals surface area contributed by atoms with Crippen LogP contribution in [0, 0.1) is 6.92 Å². The largest absolute Gasteiger partial charge is 0.481 e. The summed E-state index contributed by atoms with van der Waals surface area (Å²) in [6, 6.07) is 8.19. The van der Waals surface area contributed by atoms with Gasteiger partial charge >= 0.3 is 5.97 Å². The van der Waals surface area contributed by atoms with E-state index in [9.17, 15) is 9.90 Å². The molecule has 0 fully saturated rings. The molecule has 1 aliphatic rings. The summed E-state index contributed by atoms with van der Waals surface area (Å²) in [5, 5.41) is 9.34. The monoisotopic (exact) mass is 270 g/mol. The quantitative estimate of drug-likeness (QED) is 0.913. The fourth-order valence-corrected chi connectivity index (χ4v) is 2.94. The maximum absolute atomic E-state index is 11.4. The number of carboxylic acids is 1. The first-order valence-electron chi connectivity index (χ1n) is 6.93. The van der Waals surface area contributed by atoms with Gasteiger partial charge in [-0.3, -0.25) is 4.79 Å². The van der Waals surface area contributed by atoms with Crippen LogP contribution in [0.2, 0.25) is 0 Å². The molecule has 0 radical (unpaired) electrons. The number of hydrogen-bond donors (Lipinski definition) is 1. The highest BCUT2D eigenvalue weighted by Crippen LogP contribution is 2.34. The first-order valence-corrected chi connectivity index (χ1v) is 6.93. The van der Waals surface area contributed by atoms with Crippen LogP contribution in [-0.4, -0.2) is 20.6 Å². The summed E-state index contributed by atoms with van der Waals surface area (Å²) in [5.74, 6) is -0.355. The van der Waals surface area contributed by atoms with E-state index in [1.165, 1.54) is 5.56 Å².